The number of piperidine rings is 1. The molecule has 0 amide bonds. The highest BCUT2D eigenvalue weighted by Gasteiger charge is 2.37. The first-order valence-corrected chi connectivity index (χ1v) is 7.55. The van der Waals surface area contributed by atoms with Crippen LogP contribution in [-0.2, 0) is 11.2 Å². The quantitative estimate of drug-likeness (QED) is 0.917. The highest BCUT2D eigenvalue weighted by Crippen LogP contribution is 2.32. The topological polar surface area (TPSA) is 29.1 Å². The molecule has 1 fully saturated rings. The fourth-order valence-electron chi connectivity index (χ4n) is 2.73. The van der Waals surface area contributed by atoms with Crippen molar-refractivity contribution in [2.75, 3.05) is 13.1 Å². The molecule has 19 heavy (non-hydrogen) atoms. The molecule has 1 aromatic carbocycles. The number of Topliss-reactive ketones (excluding diaryl/α,β-unsaturated/α-hetero) is 1. The zero-order chi connectivity index (χ0) is 13.9. The summed E-state index contributed by atoms with van der Waals surface area (Å²) in [7, 11) is 0. The summed E-state index contributed by atoms with van der Waals surface area (Å²) in [6, 6.07) is 4.80. The van der Waals surface area contributed by atoms with E-state index in [1.807, 2.05) is 0 Å². The molecular weight excluding hydrogens is 309 g/mol. The molecule has 1 aliphatic rings. The first-order chi connectivity index (χ1) is 9.07. The Labute approximate surface area is 121 Å². The third kappa shape index (κ3) is 3.23. The molecular formula is C15H19BrFNO. The molecule has 0 aliphatic carbocycles. The van der Waals surface area contributed by atoms with Gasteiger partial charge in [-0.3, -0.25) is 4.79 Å². The van der Waals surface area contributed by atoms with Gasteiger partial charge < -0.3 is 5.32 Å². The zero-order valence-corrected chi connectivity index (χ0v) is 12.7. The van der Waals surface area contributed by atoms with Crippen LogP contribution in [0, 0.1) is 11.2 Å². The number of rotatable bonds is 4. The molecule has 0 spiro atoms. The van der Waals surface area contributed by atoms with Crippen molar-refractivity contribution in [2.24, 2.45) is 5.41 Å². The van der Waals surface area contributed by atoms with Crippen LogP contribution in [0.4, 0.5) is 4.39 Å². The number of carbonyl (C=O) groups is 1. The van der Waals surface area contributed by atoms with Crippen molar-refractivity contribution in [1.29, 1.82) is 0 Å². The normalized spacial score (nSPS) is 23.3. The summed E-state index contributed by atoms with van der Waals surface area (Å²) in [5.74, 6) is -0.0264. The van der Waals surface area contributed by atoms with Crippen LogP contribution in [0.1, 0.15) is 31.7 Å². The van der Waals surface area contributed by atoms with E-state index in [0.29, 0.717) is 10.9 Å². The predicted molar refractivity (Wildman–Crippen MR) is 77.6 cm³/mol. The van der Waals surface area contributed by atoms with Gasteiger partial charge in [0.1, 0.15) is 11.6 Å². The Kier molecular flexibility index (Phi) is 4.74. The summed E-state index contributed by atoms with van der Waals surface area (Å²) in [6.45, 7) is 3.84. The average molecular weight is 328 g/mol. The second kappa shape index (κ2) is 6.14. The van der Waals surface area contributed by atoms with E-state index < -0.39 is 0 Å². The maximum atomic E-state index is 13.2. The Hall–Kier alpha value is -0.740. The standard InChI is InChI=1S/C15H19BrFNO/c1-2-15(6-3-7-18-10-15)14(19)9-11-4-5-13(17)12(16)8-11/h4-5,8,18H,2-3,6-7,9-10H2,1H3. The Balaban J connectivity index is 2.12. The van der Waals surface area contributed by atoms with E-state index >= 15 is 0 Å². The van der Waals surface area contributed by atoms with Crippen molar-refractivity contribution >= 4 is 21.7 Å². The minimum Gasteiger partial charge on any atom is -0.316 e. The lowest BCUT2D eigenvalue weighted by atomic mass is 9.73. The molecule has 4 heteroatoms. The maximum absolute atomic E-state index is 13.2. The monoisotopic (exact) mass is 327 g/mol. The molecule has 0 radical (unpaired) electrons. The molecule has 0 saturated carbocycles. The van der Waals surface area contributed by atoms with Gasteiger partial charge in [-0.2, -0.15) is 0 Å². The minimum atomic E-state index is -0.291. The van der Waals surface area contributed by atoms with E-state index in [1.54, 1.807) is 12.1 Å². The highest BCUT2D eigenvalue weighted by molar-refractivity contribution is 9.10. The van der Waals surface area contributed by atoms with E-state index in [9.17, 15) is 9.18 Å². The SMILES string of the molecule is CCC1(C(=O)Cc2ccc(F)c(Br)c2)CCCNC1. The summed E-state index contributed by atoms with van der Waals surface area (Å²) in [5, 5.41) is 3.32. The number of halogens is 2. The van der Waals surface area contributed by atoms with Crippen LogP contribution in [0.3, 0.4) is 0 Å². The number of ketones is 1. The zero-order valence-electron chi connectivity index (χ0n) is 11.1. The van der Waals surface area contributed by atoms with Gasteiger partial charge in [0.15, 0.2) is 0 Å². The summed E-state index contributed by atoms with van der Waals surface area (Å²) in [4.78, 5) is 12.6. The minimum absolute atomic E-state index is 0.237. The smallest absolute Gasteiger partial charge is 0.144 e. The van der Waals surface area contributed by atoms with Gasteiger partial charge in [0.2, 0.25) is 0 Å². The lowest BCUT2D eigenvalue weighted by Crippen LogP contribution is -2.45. The van der Waals surface area contributed by atoms with E-state index in [0.717, 1.165) is 37.9 Å². The summed E-state index contributed by atoms with van der Waals surface area (Å²) in [6.07, 6.45) is 3.25. The molecule has 1 atom stereocenters. The van der Waals surface area contributed by atoms with Crippen molar-refractivity contribution < 1.29 is 9.18 Å². The molecule has 104 valence electrons. The molecule has 1 unspecified atom stereocenters. The first-order valence-electron chi connectivity index (χ1n) is 6.75. The van der Waals surface area contributed by atoms with Crippen molar-refractivity contribution in [1.82, 2.24) is 5.32 Å². The lowest BCUT2D eigenvalue weighted by molar-refractivity contribution is -0.129. The van der Waals surface area contributed by atoms with Crippen LogP contribution >= 0.6 is 15.9 Å². The molecule has 1 heterocycles. The van der Waals surface area contributed by atoms with E-state index in [1.165, 1.54) is 6.07 Å². The second-order valence-electron chi connectivity index (χ2n) is 5.26. The molecule has 0 bridgehead atoms. The van der Waals surface area contributed by atoms with Gasteiger partial charge in [0.25, 0.3) is 0 Å². The third-order valence-corrected chi connectivity index (χ3v) is 4.70. The van der Waals surface area contributed by atoms with Crippen LogP contribution in [0.25, 0.3) is 0 Å². The van der Waals surface area contributed by atoms with Gasteiger partial charge in [0, 0.05) is 18.4 Å². The van der Waals surface area contributed by atoms with Crippen molar-refractivity contribution in [2.45, 2.75) is 32.6 Å². The van der Waals surface area contributed by atoms with Crippen LogP contribution in [0.5, 0.6) is 0 Å². The number of hydrogen-bond acceptors (Lipinski definition) is 2. The van der Waals surface area contributed by atoms with Gasteiger partial charge >= 0.3 is 0 Å². The predicted octanol–water partition coefficient (Wildman–Crippen LogP) is 3.48. The van der Waals surface area contributed by atoms with E-state index in [2.05, 4.69) is 28.2 Å². The van der Waals surface area contributed by atoms with Crippen LogP contribution in [-0.4, -0.2) is 18.9 Å². The first kappa shape index (κ1) is 14.7. The molecule has 2 nitrogen and oxygen atoms in total. The number of hydrogen-bond donors (Lipinski definition) is 1. The lowest BCUT2D eigenvalue weighted by Gasteiger charge is -2.35. The average Bonchev–Trinajstić information content (AvgIpc) is 2.43. The molecule has 1 saturated heterocycles. The molecule has 1 aliphatic heterocycles. The van der Waals surface area contributed by atoms with Gasteiger partial charge in [-0.1, -0.05) is 13.0 Å². The van der Waals surface area contributed by atoms with E-state index in [4.69, 9.17) is 0 Å². The van der Waals surface area contributed by atoms with Gasteiger partial charge in [-0.05, 0) is 59.4 Å². The third-order valence-electron chi connectivity index (χ3n) is 4.09. The fourth-order valence-corrected chi connectivity index (χ4v) is 3.15. The fraction of sp³-hybridized carbons (Fsp3) is 0.533. The summed E-state index contributed by atoms with van der Waals surface area (Å²) in [5.41, 5.74) is 0.635. The van der Waals surface area contributed by atoms with Crippen LogP contribution in [0.15, 0.2) is 22.7 Å². The maximum Gasteiger partial charge on any atom is 0.144 e. The van der Waals surface area contributed by atoms with Gasteiger partial charge in [-0.15, -0.1) is 0 Å². The molecule has 0 aromatic heterocycles. The Morgan fingerprint density at radius 1 is 1.53 bits per heavy atom. The Bertz CT molecular complexity index is 469. The number of nitrogens with one attached hydrogen (secondary N) is 1. The molecule has 2 rings (SSSR count). The second-order valence-corrected chi connectivity index (χ2v) is 6.12. The summed E-state index contributed by atoms with van der Waals surface area (Å²) < 4.78 is 13.6. The van der Waals surface area contributed by atoms with Gasteiger partial charge in [-0.25, -0.2) is 4.39 Å². The Morgan fingerprint density at radius 2 is 2.32 bits per heavy atom. The van der Waals surface area contributed by atoms with Crippen LogP contribution < -0.4 is 5.32 Å². The van der Waals surface area contributed by atoms with Crippen molar-refractivity contribution in [3.8, 4) is 0 Å². The van der Waals surface area contributed by atoms with Crippen molar-refractivity contribution in [3.05, 3.63) is 34.1 Å². The van der Waals surface area contributed by atoms with Gasteiger partial charge in [0.05, 0.1) is 4.47 Å². The number of carbonyl (C=O) groups excluding carboxylic acids is 1. The Morgan fingerprint density at radius 3 is 2.89 bits per heavy atom. The van der Waals surface area contributed by atoms with Crippen molar-refractivity contribution in [3.63, 3.8) is 0 Å². The molecule has 1 aromatic rings. The molecule has 1 N–H and O–H groups in total. The number of benzene rings is 1. The van der Waals surface area contributed by atoms with E-state index in [-0.39, 0.29) is 17.0 Å². The largest absolute Gasteiger partial charge is 0.316 e. The summed E-state index contributed by atoms with van der Waals surface area (Å²) >= 11 is 3.16. The van der Waals surface area contributed by atoms with Crippen LogP contribution in [0.2, 0.25) is 0 Å². The highest BCUT2D eigenvalue weighted by atomic mass is 79.9.